The largest absolute Gasteiger partial charge is 0.250 e. The van der Waals surface area contributed by atoms with Gasteiger partial charge in [-0.05, 0) is 18.6 Å². The fourth-order valence-corrected chi connectivity index (χ4v) is 1.90. The number of aromatic nitrogens is 1. The number of thioether (sulfide) groups is 1. The van der Waals surface area contributed by atoms with Crippen LogP contribution >= 0.6 is 11.8 Å². The predicted molar refractivity (Wildman–Crippen MR) is 54.4 cm³/mol. The molecule has 1 aromatic heterocycles. The average Bonchev–Trinajstić information content (AvgIpc) is 2.19. The minimum atomic E-state index is 0.375. The summed E-state index contributed by atoms with van der Waals surface area (Å²) < 4.78 is 0. The molecule has 0 radical (unpaired) electrons. The monoisotopic (exact) mass is 192 g/mol. The first-order valence-corrected chi connectivity index (χ1v) is 5.19. The number of nitriles is 1. The second-order valence-corrected chi connectivity index (χ2v) is 4.00. The lowest BCUT2D eigenvalue weighted by atomic mass is 10.3. The van der Waals surface area contributed by atoms with E-state index in [4.69, 9.17) is 5.26 Å². The Labute approximate surface area is 83.0 Å². The highest BCUT2D eigenvalue weighted by Crippen LogP contribution is 2.24. The van der Waals surface area contributed by atoms with Crippen molar-refractivity contribution in [3.8, 4) is 6.07 Å². The third-order valence-electron chi connectivity index (χ3n) is 1.70. The van der Waals surface area contributed by atoms with Gasteiger partial charge in [0.05, 0.1) is 11.1 Å². The van der Waals surface area contributed by atoms with Gasteiger partial charge in [-0.1, -0.05) is 13.0 Å². The first kappa shape index (κ1) is 10.1. The molecular formula is C10H12N2S. The summed E-state index contributed by atoms with van der Waals surface area (Å²) in [5, 5.41) is 9.94. The maximum atomic E-state index is 8.56. The van der Waals surface area contributed by atoms with Crippen LogP contribution in [0.25, 0.3) is 0 Å². The van der Waals surface area contributed by atoms with Crippen LogP contribution in [0.2, 0.25) is 0 Å². The van der Waals surface area contributed by atoms with Gasteiger partial charge in [0.1, 0.15) is 0 Å². The predicted octanol–water partition coefficient (Wildman–Crippen LogP) is 2.87. The highest BCUT2D eigenvalue weighted by atomic mass is 32.2. The summed E-state index contributed by atoms with van der Waals surface area (Å²) in [7, 11) is 0. The first-order valence-electron chi connectivity index (χ1n) is 4.31. The minimum Gasteiger partial charge on any atom is -0.250 e. The summed E-state index contributed by atoms with van der Waals surface area (Å²) in [6, 6.07) is 8.03. The zero-order chi connectivity index (χ0) is 9.52. The van der Waals surface area contributed by atoms with Crippen molar-refractivity contribution in [2.45, 2.75) is 30.0 Å². The van der Waals surface area contributed by atoms with Crippen LogP contribution in [0.3, 0.4) is 0 Å². The van der Waals surface area contributed by atoms with Gasteiger partial charge in [-0.15, -0.1) is 11.8 Å². The zero-order valence-electron chi connectivity index (χ0n) is 7.60. The Morgan fingerprint density at radius 3 is 3.00 bits per heavy atom. The molecule has 0 aromatic carbocycles. The van der Waals surface area contributed by atoms with Crippen LogP contribution in [0.5, 0.6) is 0 Å². The number of hydrogen-bond donors (Lipinski definition) is 0. The van der Waals surface area contributed by atoms with Gasteiger partial charge in [0.25, 0.3) is 0 Å². The molecule has 0 aliphatic heterocycles. The zero-order valence-corrected chi connectivity index (χ0v) is 8.42. The minimum absolute atomic E-state index is 0.375. The fraction of sp³-hybridized carbons (Fsp3) is 0.400. The van der Waals surface area contributed by atoms with Crippen molar-refractivity contribution < 1.29 is 0 Å². The molecule has 0 saturated carbocycles. The molecule has 0 aliphatic carbocycles. The van der Waals surface area contributed by atoms with E-state index in [1.807, 2.05) is 18.2 Å². The quantitative estimate of drug-likeness (QED) is 0.688. The molecule has 1 aromatic rings. The molecule has 0 saturated heterocycles. The molecule has 3 heteroatoms. The van der Waals surface area contributed by atoms with Gasteiger partial charge in [0.2, 0.25) is 0 Å². The second-order valence-electron chi connectivity index (χ2n) is 2.68. The van der Waals surface area contributed by atoms with Crippen LogP contribution in [0.15, 0.2) is 29.4 Å². The number of rotatable bonds is 4. The van der Waals surface area contributed by atoms with Gasteiger partial charge >= 0.3 is 0 Å². The van der Waals surface area contributed by atoms with E-state index in [1.54, 1.807) is 18.0 Å². The topological polar surface area (TPSA) is 36.7 Å². The van der Waals surface area contributed by atoms with E-state index in [9.17, 15) is 0 Å². The molecule has 1 heterocycles. The molecule has 1 unspecified atom stereocenters. The van der Waals surface area contributed by atoms with E-state index in [2.05, 4.69) is 18.0 Å². The van der Waals surface area contributed by atoms with Crippen molar-refractivity contribution in [3.05, 3.63) is 24.4 Å². The molecule has 0 N–H and O–H groups in total. The maximum Gasteiger partial charge on any atom is 0.0962 e. The van der Waals surface area contributed by atoms with Crippen LogP contribution in [0, 0.1) is 11.3 Å². The maximum absolute atomic E-state index is 8.56. The van der Waals surface area contributed by atoms with Crippen molar-refractivity contribution >= 4 is 11.8 Å². The Kier molecular flexibility index (Phi) is 4.34. The lowest BCUT2D eigenvalue weighted by molar-refractivity contribution is 0.839. The summed E-state index contributed by atoms with van der Waals surface area (Å²) in [6.07, 6.45) is 3.38. The van der Waals surface area contributed by atoms with Crippen LogP contribution < -0.4 is 0 Å². The van der Waals surface area contributed by atoms with Crippen molar-refractivity contribution in [3.63, 3.8) is 0 Å². The molecule has 1 rings (SSSR count). The van der Waals surface area contributed by atoms with Gasteiger partial charge in [-0.3, -0.25) is 0 Å². The Balaban J connectivity index is 2.53. The molecule has 0 amide bonds. The van der Waals surface area contributed by atoms with Gasteiger partial charge < -0.3 is 0 Å². The molecule has 0 spiro atoms. The molecular weight excluding hydrogens is 180 g/mol. The average molecular weight is 192 g/mol. The van der Waals surface area contributed by atoms with Crippen molar-refractivity contribution in [2.75, 3.05) is 0 Å². The molecule has 1 atom stereocenters. The normalized spacial score (nSPS) is 12.0. The van der Waals surface area contributed by atoms with Gasteiger partial charge in [0.15, 0.2) is 0 Å². The molecule has 13 heavy (non-hydrogen) atoms. The lowest BCUT2D eigenvalue weighted by Crippen LogP contribution is -1.99. The molecule has 2 nitrogen and oxygen atoms in total. The third kappa shape index (κ3) is 3.47. The van der Waals surface area contributed by atoms with Crippen LogP contribution in [-0.2, 0) is 0 Å². The third-order valence-corrected chi connectivity index (χ3v) is 3.02. The summed E-state index contributed by atoms with van der Waals surface area (Å²) in [5.41, 5.74) is 0. The molecule has 0 aliphatic rings. The Morgan fingerprint density at radius 2 is 2.46 bits per heavy atom. The number of pyridine rings is 1. The van der Waals surface area contributed by atoms with E-state index in [-0.39, 0.29) is 0 Å². The van der Waals surface area contributed by atoms with E-state index >= 15 is 0 Å². The van der Waals surface area contributed by atoms with E-state index in [1.165, 1.54) is 0 Å². The van der Waals surface area contributed by atoms with E-state index in [0.717, 1.165) is 11.4 Å². The van der Waals surface area contributed by atoms with Crippen molar-refractivity contribution in [1.29, 1.82) is 5.26 Å². The van der Waals surface area contributed by atoms with Gasteiger partial charge in [-0.2, -0.15) is 5.26 Å². The number of nitrogens with zero attached hydrogens (tertiary/aromatic N) is 2. The second kappa shape index (κ2) is 5.60. The Morgan fingerprint density at radius 1 is 1.62 bits per heavy atom. The van der Waals surface area contributed by atoms with E-state index < -0.39 is 0 Å². The van der Waals surface area contributed by atoms with Crippen LogP contribution in [0.1, 0.15) is 19.8 Å². The summed E-state index contributed by atoms with van der Waals surface area (Å²) in [6.45, 7) is 2.10. The summed E-state index contributed by atoms with van der Waals surface area (Å²) in [4.78, 5) is 4.20. The Hall–Kier alpha value is -1.01. The smallest absolute Gasteiger partial charge is 0.0962 e. The van der Waals surface area contributed by atoms with Gasteiger partial charge in [-0.25, -0.2) is 4.98 Å². The highest BCUT2D eigenvalue weighted by molar-refractivity contribution is 7.99. The standard InChI is InChI=1S/C10H12N2S/c1-2-9(6-7-11)13-10-5-3-4-8-12-10/h3-5,8-9H,2,6H2,1H3. The van der Waals surface area contributed by atoms with Crippen molar-refractivity contribution in [2.24, 2.45) is 0 Å². The first-order chi connectivity index (χ1) is 6.36. The van der Waals surface area contributed by atoms with Crippen LogP contribution in [0.4, 0.5) is 0 Å². The van der Waals surface area contributed by atoms with Crippen molar-refractivity contribution in [1.82, 2.24) is 4.98 Å². The Bertz CT molecular complexity index is 279. The molecule has 0 fully saturated rings. The van der Waals surface area contributed by atoms with Gasteiger partial charge in [0, 0.05) is 17.9 Å². The lowest BCUT2D eigenvalue weighted by Gasteiger charge is -2.08. The number of hydrogen-bond acceptors (Lipinski definition) is 3. The SMILES string of the molecule is CCC(CC#N)Sc1ccccn1. The van der Waals surface area contributed by atoms with Crippen LogP contribution in [-0.4, -0.2) is 10.2 Å². The fourth-order valence-electron chi connectivity index (χ4n) is 0.959. The molecule has 68 valence electrons. The highest BCUT2D eigenvalue weighted by Gasteiger charge is 2.07. The summed E-state index contributed by atoms with van der Waals surface area (Å²) >= 11 is 1.68. The van der Waals surface area contributed by atoms with E-state index in [0.29, 0.717) is 11.7 Å². The molecule has 0 bridgehead atoms. The summed E-state index contributed by atoms with van der Waals surface area (Å²) in [5.74, 6) is 0.